The van der Waals surface area contributed by atoms with Gasteiger partial charge in [0.2, 0.25) is 5.91 Å². The van der Waals surface area contributed by atoms with E-state index in [9.17, 15) is 4.79 Å². The highest BCUT2D eigenvalue weighted by molar-refractivity contribution is 6.31. The van der Waals surface area contributed by atoms with Gasteiger partial charge in [0.05, 0.1) is 17.4 Å². The summed E-state index contributed by atoms with van der Waals surface area (Å²) in [6.07, 6.45) is 6.41. The zero-order chi connectivity index (χ0) is 15.8. The van der Waals surface area contributed by atoms with E-state index in [0.717, 1.165) is 48.2 Å². The summed E-state index contributed by atoms with van der Waals surface area (Å²) >= 11 is 6.11. The van der Waals surface area contributed by atoms with Crippen LogP contribution in [0.2, 0.25) is 5.02 Å². The predicted octanol–water partition coefficient (Wildman–Crippen LogP) is 3.08. The lowest BCUT2D eigenvalue weighted by Gasteiger charge is -2.17. The second kappa shape index (κ2) is 6.13. The van der Waals surface area contributed by atoms with E-state index < -0.39 is 0 Å². The molecule has 0 unspecified atom stereocenters. The number of ether oxygens (including phenoxy) is 1. The Bertz CT molecular complexity index is 724. The van der Waals surface area contributed by atoms with Crippen LogP contribution >= 0.6 is 11.6 Å². The Labute approximate surface area is 140 Å². The maximum Gasteiger partial charge on any atom is 0.249 e. The first-order chi connectivity index (χ1) is 11.2. The third-order valence-electron chi connectivity index (χ3n) is 4.90. The van der Waals surface area contributed by atoms with Gasteiger partial charge in [-0.15, -0.1) is 0 Å². The van der Waals surface area contributed by atoms with Crippen LogP contribution in [0.3, 0.4) is 0 Å². The van der Waals surface area contributed by atoms with E-state index in [4.69, 9.17) is 16.3 Å². The number of carbonyl (C=O) groups excluding carboxylic acids is 1. The van der Waals surface area contributed by atoms with Gasteiger partial charge in [0.1, 0.15) is 6.10 Å². The molecule has 23 heavy (non-hydrogen) atoms. The molecule has 4 rings (SSSR count). The van der Waals surface area contributed by atoms with Crippen LogP contribution in [0.1, 0.15) is 38.1 Å². The van der Waals surface area contributed by atoms with Crippen LogP contribution < -0.4 is 5.32 Å². The van der Waals surface area contributed by atoms with E-state index in [2.05, 4.69) is 14.9 Å². The first-order valence-corrected chi connectivity index (χ1v) is 8.62. The molecule has 5 nitrogen and oxygen atoms in total. The van der Waals surface area contributed by atoms with Crippen molar-refractivity contribution in [2.75, 3.05) is 6.61 Å². The first kappa shape index (κ1) is 15.0. The highest BCUT2D eigenvalue weighted by atomic mass is 35.5. The summed E-state index contributed by atoms with van der Waals surface area (Å²) in [5.41, 5.74) is 2.02. The topological polar surface area (TPSA) is 56.2 Å². The molecule has 1 N–H and O–H groups in total. The predicted molar refractivity (Wildman–Crippen MR) is 88.5 cm³/mol. The summed E-state index contributed by atoms with van der Waals surface area (Å²) in [6, 6.07) is 6.34. The Kier molecular flexibility index (Phi) is 3.99. The minimum Gasteiger partial charge on any atom is -0.368 e. The molecule has 0 bridgehead atoms. The second-order valence-corrected chi connectivity index (χ2v) is 6.90. The summed E-state index contributed by atoms with van der Waals surface area (Å²) in [6.45, 7) is 0.702. The van der Waals surface area contributed by atoms with Gasteiger partial charge in [-0.25, -0.2) is 4.98 Å². The van der Waals surface area contributed by atoms with E-state index in [0.29, 0.717) is 12.6 Å². The molecule has 122 valence electrons. The zero-order valence-electron chi connectivity index (χ0n) is 12.9. The molecular formula is C17H20ClN3O2. The Morgan fingerprint density at radius 2 is 2.26 bits per heavy atom. The molecule has 1 saturated carbocycles. The number of rotatable bonds is 3. The minimum absolute atomic E-state index is 0.0479. The van der Waals surface area contributed by atoms with Crippen molar-refractivity contribution in [1.82, 2.24) is 14.9 Å². The Morgan fingerprint density at radius 1 is 1.35 bits per heavy atom. The van der Waals surface area contributed by atoms with Crippen LogP contribution in [-0.2, 0) is 9.53 Å². The average molecular weight is 334 g/mol. The quantitative estimate of drug-likeness (QED) is 0.939. The van der Waals surface area contributed by atoms with E-state index in [-0.39, 0.29) is 18.1 Å². The molecule has 2 aliphatic rings. The molecule has 1 aliphatic heterocycles. The number of nitrogens with one attached hydrogen (secondary N) is 1. The second-order valence-electron chi connectivity index (χ2n) is 6.46. The highest BCUT2D eigenvalue weighted by Crippen LogP contribution is 2.33. The fourth-order valence-corrected chi connectivity index (χ4v) is 3.88. The molecule has 3 atom stereocenters. The molecular weight excluding hydrogens is 314 g/mol. The molecule has 2 heterocycles. The molecule has 0 spiro atoms. The van der Waals surface area contributed by atoms with Crippen LogP contribution in [0, 0.1) is 0 Å². The van der Waals surface area contributed by atoms with Gasteiger partial charge in [-0.1, -0.05) is 11.6 Å². The maximum atomic E-state index is 12.2. The van der Waals surface area contributed by atoms with Crippen molar-refractivity contribution in [1.29, 1.82) is 0 Å². The molecule has 1 aliphatic carbocycles. The van der Waals surface area contributed by atoms with Crippen molar-refractivity contribution in [2.45, 2.75) is 50.3 Å². The van der Waals surface area contributed by atoms with Crippen LogP contribution in [0.5, 0.6) is 0 Å². The number of benzene rings is 1. The van der Waals surface area contributed by atoms with Gasteiger partial charge in [0, 0.05) is 23.7 Å². The standard InChI is InChI=1S/C17H20ClN3O2/c18-11-3-6-14-15(8-11)21(10-19-14)13-5-4-12(9-13)20-17(22)16-2-1-7-23-16/h3,6,8,10,12-13,16H,1-2,4-5,7,9H2,(H,20,22)/t12-,13+,16-/m0/s1. The number of hydrogen-bond acceptors (Lipinski definition) is 3. The first-order valence-electron chi connectivity index (χ1n) is 8.25. The number of amides is 1. The van der Waals surface area contributed by atoms with Crippen molar-refractivity contribution in [3.63, 3.8) is 0 Å². The fraction of sp³-hybridized carbons (Fsp3) is 0.529. The Balaban J connectivity index is 1.45. The normalized spacial score (nSPS) is 27.6. The number of nitrogens with zero attached hydrogens (tertiary/aromatic N) is 2. The van der Waals surface area contributed by atoms with Gasteiger partial charge in [0.15, 0.2) is 0 Å². The number of aromatic nitrogens is 2. The van der Waals surface area contributed by atoms with E-state index in [1.807, 2.05) is 24.5 Å². The summed E-state index contributed by atoms with van der Waals surface area (Å²) in [4.78, 5) is 16.6. The molecule has 2 fully saturated rings. The van der Waals surface area contributed by atoms with Crippen LogP contribution in [0.15, 0.2) is 24.5 Å². The molecule has 0 radical (unpaired) electrons. The lowest BCUT2D eigenvalue weighted by molar-refractivity contribution is -0.130. The van der Waals surface area contributed by atoms with Crippen molar-refractivity contribution in [2.24, 2.45) is 0 Å². The Hall–Kier alpha value is -1.59. The van der Waals surface area contributed by atoms with E-state index in [1.54, 1.807) is 0 Å². The van der Waals surface area contributed by atoms with Crippen LogP contribution in [0.25, 0.3) is 11.0 Å². The van der Waals surface area contributed by atoms with Crippen molar-refractivity contribution >= 4 is 28.5 Å². The summed E-state index contributed by atoms with van der Waals surface area (Å²) in [7, 11) is 0. The summed E-state index contributed by atoms with van der Waals surface area (Å²) in [5.74, 6) is 0.0479. The Morgan fingerprint density at radius 3 is 3.09 bits per heavy atom. The lowest BCUT2D eigenvalue weighted by Crippen LogP contribution is -2.40. The molecule has 1 aromatic carbocycles. The van der Waals surface area contributed by atoms with Crippen molar-refractivity contribution in [3.05, 3.63) is 29.5 Å². The van der Waals surface area contributed by atoms with E-state index >= 15 is 0 Å². The SMILES string of the molecule is O=C(N[C@H]1CC[C@@H](n2cnc3ccc(Cl)cc32)C1)[C@@H]1CCCO1. The highest BCUT2D eigenvalue weighted by Gasteiger charge is 2.31. The number of hydrogen-bond donors (Lipinski definition) is 1. The summed E-state index contributed by atoms with van der Waals surface area (Å²) < 4.78 is 7.65. The molecule has 1 amide bonds. The van der Waals surface area contributed by atoms with Crippen molar-refractivity contribution < 1.29 is 9.53 Å². The molecule has 1 aromatic heterocycles. The third-order valence-corrected chi connectivity index (χ3v) is 5.14. The molecule has 2 aromatic rings. The van der Waals surface area contributed by atoms with Crippen LogP contribution in [0.4, 0.5) is 0 Å². The fourth-order valence-electron chi connectivity index (χ4n) is 3.71. The minimum atomic E-state index is -0.248. The van der Waals surface area contributed by atoms with Gasteiger partial charge in [-0.3, -0.25) is 4.79 Å². The number of carbonyl (C=O) groups is 1. The largest absolute Gasteiger partial charge is 0.368 e. The van der Waals surface area contributed by atoms with E-state index in [1.165, 1.54) is 0 Å². The monoisotopic (exact) mass is 333 g/mol. The maximum absolute atomic E-state index is 12.2. The number of fused-ring (bicyclic) bond motifs is 1. The average Bonchev–Trinajstić information content (AvgIpc) is 3.26. The van der Waals surface area contributed by atoms with Gasteiger partial charge in [0.25, 0.3) is 0 Å². The third kappa shape index (κ3) is 2.95. The zero-order valence-corrected chi connectivity index (χ0v) is 13.6. The van der Waals surface area contributed by atoms with Gasteiger partial charge >= 0.3 is 0 Å². The lowest BCUT2D eigenvalue weighted by atomic mass is 10.2. The van der Waals surface area contributed by atoms with Gasteiger partial charge < -0.3 is 14.6 Å². The summed E-state index contributed by atoms with van der Waals surface area (Å²) in [5, 5.41) is 3.87. The van der Waals surface area contributed by atoms with Gasteiger partial charge in [-0.05, 0) is 50.3 Å². The smallest absolute Gasteiger partial charge is 0.249 e. The number of imidazole rings is 1. The molecule has 6 heteroatoms. The van der Waals surface area contributed by atoms with Gasteiger partial charge in [-0.2, -0.15) is 0 Å². The van der Waals surface area contributed by atoms with Crippen molar-refractivity contribution in [3.8, 4) is 0 Å². The van der Waals surface area contributed by atoms with Crippen LogP contribution in [-0.4, -0.2) is 34.2 Å². The molecule has 1 saturated heterocycles. The number of halogens is 1.